The number of anilines is 1. The van der Waals surface area contributed by atoms with Crippen LogP contribution in [0.2, 0.25) is 0 Å². The minimum absolute atomic E-state index is 0.141. The summed E-state index contributed by atoms with van der Waals surface area (Å²) >= 11 is 0. The molecule has 4 nitrogen and oxygen atoms in total. The number of benzene rings is 1. The summed E-state index contributed by atoms with van der Waals surface area (Å²) in [7, 11) is 0. The van der Waals surface area contributed by atoms with Crippen molar-refractivity contribution < 1.29 is 4.79 Å². The Hall–Kier alpha value is -2.36. The number of pyridine rings is 1. The third-order valence-electron chi connectivity index (χ3n) is 3.97. The molecule has 1 saturated heterocycles. The van der Waals surface area contributed by atoms with E-state index in [-0.39, 0.29) is 5.91 Å². The van der Waals surface area contributed by atoms with Crippen LogP contribution in [0.1, 0.15) is 15.9 Å². The predicted molar refractivity (Wildman–Crippen MR) is 83.5 cm³/mol. The van der Waals surface area contributed by atoms with Gasteiger partial charge in [-0.15, -0.1) is 0 Å². The lowest BCUT2D eigenvalue weighted by Crippen LogP contribution is -2.48. The van der Waals surface area contributed by atoms with E-state index >= 15 is 0 Å². The van der Waals surface area contributed by atoms with Crippen LogP contribution < -0.4 is 4.90 Å². The topological polar surface area (TPSA) is 36.4 Å². The quantitative estimate of drug-likeness (QED) is 0.848. The van der Waals surface area contributed by atoms with Gasteiger partial charge in [-0.05, 0) is 30.7 Å². The van der Waals surface area contributed by atoms with Gasteiger partial charge in [0.15, 0.2) is 0 Å². The average Bonchev–Trinajstić information content (AvgIpc) is 2.56. The van der Waals surface area contributed by atoms with Gasteiger partial charge in [0.2, 0.25) is 0 Å². The van der Waals surface area contributed by atoms with Crippen molar-refractivity contribution in [2.45, 2.75) is 6.92 Å². The third kappa shape index (κ3) is 2.89. The number of aromatic nitrogens is 1. The highest BCUT2D eigenvalue weighted by Gasteiger charge is 2.22. The lowest BCUT2D eigenvalue weighted by Gasteiger charge is -2.36. The van der Waals surface area contributed by atoms with Crippen LogP contribution in [0.4, 0.5) is 5.69 Å². The summed E-state index contributed by atoms with van der Waals surface area (Å²) in [4.78, 5) is 20.8. The maximum absolute atomic E-state index is 12.6. The van der Waals surface area contributed by atoms with E-state index in [2.05, 4.69) is 9.88 Å². The summed E-state index contributed by atoms with van der Waals surface area (Å²) in [6.45, 7) is 5.23. The van der Waals surface area contributed by atoms with Crippen LogP contribution in [0, 0.1) is 6.92 Å². The number of carbonyl (C=O) groups is 1. The van der Waals surface area contributed by atoms with Crippen molar-refractivity contribution in [2.75, 3.05) is 31.1 Å². The molecule has 0 radical (unpaired) electrons. The van der Waals surface area contributed by atoms with E-state index in [4.69, 9.17) is 0 Å². The molecule has 108 valence electrons. The first kappa shape index (κ1) is 13.6. The zero-order valence-corrected chi connectivity index (χ0v) is 12.2. The fourth-order valence-electron chi connectivity index (χ4n) is 2.71. The zero-order chi connectivity index (χ0) is 14.7. The number of piperazine rings is 1. The number of amides is 1. The molecular weight excluding hydrogens is 262 g/mol. The normalized spacial score (nSPS) is 15.1. The van der Waals surface area contributed by atoms with Gasteiger partial charge in [-0.1, -0.05) is 18.2 Å². The Balaban J connectivity index is 1.66. The summed E-state index contributed by atoms with van der Waals surface area (Å²) in [5.41, 5.74) is 3.03. The van der Waals surface area contributed by atoms with Crippen LogP contribution in [0.15, 0.2) is 48.8 Å². The first-order chi connectivity index (χ1) is 10.3. The number of aryl methyl sites for hydroxylation is 1. The monoisotopic (exact) mass is 281 g/mol. The molecule has 1 aliphatic rings. The van der Waals surface area contributed by atoms with Crippen molar-refractivity contribution in [1.82, 2.24) is 9.88 Å². The number of nitrogens with zero attached hydrogens (tertiary/aromatic N) is 3. The molecule has 4 heteroatoms. The first-order valence-corrected chi connectivity index (χ1v) is 7.25. The van der Waals surface area contributed by atoms with E-state index in [0.717, 1.165) is 37.3 Å². The lowest BCUT2D eigenvalue weighted by atomic mass is 10.1. The molecule has 1 aromatic carbocycles. The largest absolute Gasteiger partial charge is 0.368 e. The van der Waals surface area contributed by atoms with Gasteiger partial charge in [0.1, 0.15) is 0 Å². The van der Waals surface area contributed by atoms with Crippen LogP contribution >= 0.6 is 0 Å². The molecule has 0 N–H and O–H groups in total. The average molecular weight is 281 g/mol. The van der Waals surface area contributed by atoms with Crippen molar-refractivity contribution in [1.29, 1.82) is 0 Å². The molecule has 0 spiro atoms. The Labute approximate surface area is 125 Å². The van der Waals surface area contributed by atoms with E-state index in [1.54, 1.807) is 12.4 Å². The molecule has 1 aliphatic heterocycles. The van der Waals surface area contributed by atoms with Crippen LogP contribution in [0.3, 0.4) is 0 Å². The molecule has 1 aromatic heterocycles. The second-order valence-electron chi connectivity index (χ2n) is 5.30. The SMILES string of the molecule is Cc1ccccc1C(=O)N1CCN(c2ccncc2)CC1. The van der Waals surface area contributed by atoms with Gasteiger partial charge < -0.3 is 9.80 Å². The van der Waals surface area contributed by atoms with E-state index in [0.29, 0.717) is 0 Å². The van der Waals surface area contributed by atoms with Crippen molar-refractivity contribution in [2.24, 2.45) is 0 Å². The molecule has 1 fully saturated rings. The minimum atomic E-state index is 0.141. The van der Waals surface area contributed by atoms with Gasteiger partial charge in [0.05, 0.1) is 0 Å². The van der Waals surface area contributed by atoms with E-state index in [1.807, 2.05) is 48.2 Å². The van der Waals surface area contributed by atoms with E-state index < -0.39 is 0 Å². The second kappa shape index (κ2) is 5.95. The van der Waals surface area contributed by atoms with Crippen LogP contribution in [-0.2, 0) is 0 Å². The molecule has 21 heavy (non-hydrogen) atoms. The highest BCUT2D eigenvalue weighted by Crippen LogP contribution is 2.17. The van der Waals surface area contributed by atoms with Gasteiger partial charge >= 0.3 is 0 Å². The van der Waals surface area contributed by atoms with Crippen LogP contribution in [-0.4, -0.2) is 42.0 Å². The highest BCUT2D eigenvalue weighted by atomic mass is 16.2. The molecule has 1 amide bonds. The molecule has 2 heterocycles. The summed E-state index contributed by atoms with van der Waals surface area (Å²) < 4.78 is 0. The standard InChI is InChI=1S/C17H19N3O/c1-14-4-2-3-5-16(14)17(21)20-12-10-19(11-13-20)15-6-8-18-9-7-15/h2-9H,10-13H2,1H3. The first-order valence-electron chi connectivity index (χ1n) is 7.25. The molecule has 0 aliphatic carbocycles. The second-order valence-corrected chi connectivity index (χ2v) is 5.30. The Morgan fingerprint density at radius 1 is 1.00 bits per heavy atom. The molecule has 0 atom stereocenters. The molecule has 0 saturated carbocycles. The highest BCUT2D eigenvalue weighted by molar-refractivity contribution is 5.95. The Kier molecular flexibility index (Phi) is 3.86. The Morgan fingerprint density at radius 2 is 1.67 bits per heavy atom. The van der Waals surface area contributed by atoms with Crippen LogP contribution in [0.5, 0.6) is 0 Å². The molecule has 0 unspecified atom stereocenters. The van der Waals surface area contributed by atoms with E-state index in [1.165, 1.54) is 5.69 Å². The number of hydrogen-bond donors (Lipinski definition) is 0. The third-order valence-corrected chi connectivity index (χ3v) is 3.97. The van der Waals surface area contributed by atoms with Crippen molar-refractivity contribution in [3.05, 3.63) is 59.9 Å². The summed E-state index contributed by atoms with van der Waals surface area (Å²) in [6.07, 6.45) is 3.61. The van der Waals surface area contributed by atoms with Gasteiger partial charge in [0, 0.05) is 49.8 Å². The molecular formula is C17H19N3O. The summed E-state index contributed by atoms with van der Waals surface area (Å²) in [5.74, 6) is 0.141. The summed E-state index contributed by atoms with van der Waals surface area (Å²) in [5, 5.41) is 0. The molecule has 0 bridgehead atoms. The maximum Gasteiger partial charge on any atom is 0.254 e. The van der Waals surface area contributed by atoms with Gasteiger partial charge in [-0.3, -0.25) is 9.78 Å². The molecule has 2 aromatic rings. The number of rotatable bonds is 2. The van der Waals surface area contributed by atoms with Crippen molar-refractivity contribution in [3.8, 4) is 0 Å². The number of hydrogen-bond acceptors (Lipinski definition) is 3. The molecule has 3 rings (SSSR count). The predicted octanol–water partition coefficient (Wildman–Crippen LogP) is 2.35. The van der Waals surface area contributed by atoms with E-state index in [9.17, 15) is 4.79 Å². The number of carbonyl (C=O) groups excluding carboxylic acids is 1. The van der Waals surface area contributed by atoms with Crippen molar-refractivity contribution in [3.63, 3.8) is 0 Å². The zero-order valence-electron chi connectivity index (χ0n) is 12.2. The van der Waals surface area contributed by atoms with Crippen molar-refractivity contribution >= 4 is 11.6 Å². The minimum Gasteiger partial charge on any atom is -0.368 e. The maximum atomic E-state index is 12.6. The van der Waals surface area contributed by atoms with Gasteiger partial charge in [0.25, 0.3) is 5.91 Å². The lowest BCUT2D eigenvalue weighted by molar-refractivity contribution is 0.0746. The van der Waals surface area contributed by atoms with Gasteiger partial charge in [-0.25, -0.2) is 0 Å². The fourth-order valence-corrected chi connectivity index (χ4v) is 2.71. The smallest absolute Gasteiger partial charge is 0.254 e. The summed E-state index contributed by atoms with van der Waals surface area (Å²) in [6, 6.07) is 11.8. The Bertz CT molecular complexity index is 619. The Morgan fingerprint density at radius 3 is 2.33 bits per heavy atom. The van der Waals surface area contributed by atoms with Gasteiger partial charge in [-0.2, -0.15) is 0 Å². The van der Waals surface area contributed by atoms with Crippen LogP contribution in [0.25, 0.3) is 0 Å². The fraction of sp³-hybridized carbons (Fsp3) is 0.294.